The van der Waals surface area contributed by atoms with Crippen molar-refractivity contribution in [1.82, 2.24) is 0 Å². The van der Waals surface area contributed by atoms with Crippen LogP contribution in [0.5, 0.6) is 0 Å². The number of aliphatic hydroxyl groups excluding tert-OH is 7. The van der Waals surface area contributed by atoms with Crippen LogP contribution < -0.4 is 0 Å². The van der Waals surface area contributed by atoms with Crippen molar-refractivity contribution in [2.45, 2.75) is 287 Å². The molecule has 0 radical (unpaired) electrons. The molecule has 0 saturated carbocycles. The third-order valence-corrected chi connectivity index (χ3v) is 13.7. The predicted molar refractivity (Wildman–Crippen MR) is 280 cm³/mol. The summed E-state index contributed by atoms with van der Waals surface area (Å²) in [5.74, 6) is -0.377. The lowest BCUT2D eigenvalue weighted by molar-refractivity contribution is -0.332. The van der Waals surface area contributed by atoms with Crippen molar-refractivity contribution in [2.75, 3.05) is 33.0 Å². The Bertz CT molecular complexity index is 1310. The molecule has 14 heteroatoms. The van der Waals surface area contributed by atoms with Crippen molar-refractivity contribution in [3.05, 3.63) is 36.5 Å². The molecular formula is C57H104O14. The summed E-state index contributed by atoms with van der Waals surface area (Å²) in [7, 11) is 0. The topological polar surface area (TPSA) is 214 Å². The molecule has 2 heterocycles. The average Bonchev–Trinajstić information content (AvgIpc) is 3.37. The number of allylic oxidation sites excluding steroid dienone is 6. The maximum Gasteiger partial charge on any atom is 0.306 e. The lowest BCUT2D eigenvalue weighted by Gasteiger charge is -2.42. The first kappa shape index (κ1) is 65.3. The van der Waals surface area contributed by atoms with E-state index in [0.717, 1.165) is 51.4 Å². The molecular weight excluding hydrogens is 909 g/mol. The average molecular weight is 1010 g/mol. The van der Waals surface area contributed by atoms with Gasteiger partial charge in [-0.3, -0.25) is 4.79 Å². The van der Waals surface area contributed by atoms with Gasteiger partial charge in [0, 0.05) is 13.0 Å². The molecule has 11 unspecified atom stereocenters. The van der Waals surface area contributed by atoms with Gasteiger partial charge in [-0.15, -0.1) is 0 Å². The second-order valence-corrected chi connectivity index (χ2v) is 20.1. The standard InChI is InChI=1S/C57H104O14/c1-3-5-7-9-11-13-15-16-17-18-19-20-21-22-23-24-25-26-27-28-29-31-33-35-37-39-41-66-43-46(69-49(59)40-38-36-34-32-30-14-12-10-8-6-4-2)44-67-56-55(65)53(63)51(61)48(71-56)45-68-57-54(64)52(62)50(60)47(42-58)70-57/h15-16,18-19,21-22,46-48,50-58,60-65H,3-14,17,20,23-45H2,1-2H3/b16-15-,19-18-,22-21-. The summed E-state index contributed by atoms with van der Waals surface area (Å²) in [5, 5.41) is 72.2. The minimum Gasteiger partial charge on any atom is -0.457 e. The number of hydrogen-bond acceptors (Lipinski definition) is 14. The first-order chi connectivity index (χ1) is 34.6. The van der Waals surface area contributed by atoms with Gasteiger partial charge in [-0.1, -0.05) is 198 Å². The molecule has 2 aliphatic rings. The molecule has 0 aromatic rings. The van der Waals surface area contributed by atoms with Gasteiger partial charge in [0.25, 0.3) is 0 Å². The Morgan fingerprint density at radius 2 is 0.873 bits per heavy atom. The van der Waals surface area contributed by atoms with Crippen molar-refractivity contribution < 1.29 is 69.0 Å². The summed E-state index contributed by atoms with van der Waals surface area (Å²) in [6.45, 7) is 3.68. The molecule has 2 saturated heterocycles. The smallest absolute Gasteiger partial charge is 0.306 e. The Kier molecular flexibility index (Phi) is 40.9. The number of rotatable bonds is 46. The fourth-order valence-electron chi connectivity index (χ4n) is 9.00. The zero-order valence-corrected chi connectivity index (χ0v) is 44.5. The zero-order chi connectivity index (χ0) is 51.6. The Hall–Kier alpha value is -1.79. The number of esters is 1. The fraction of sp³-hybridized carbons (Fsp3) is 0.877. The van der Waals surface area contributed by atoms with Crippen molar-refractivity contribution >= 4 is 5.97 Å². The molecule has 71 heavy (non-hydrogen) atoms. The van der Waals surface area contributed by atoms with Gasteiger partial charge in [-0.25, -0.2) is 0 Å². The molecule has 2 rings (SSSR count). The second kappa shape index (κ2) is 44.5. The lowest BCUT2D eigenvalue weighted by atomic mass is 9.98. The van der Waals surface area contributed by atoms with E-state index in [-0.39, 0.29) is 25.6 Å². The molecule has 0 bridgehead atoms. The van der Waals surface area contributed by atoms with E-state index in [1.165, 1.54) is 141 Å². The highest BCUT2D eigenvalue weighted by Crippen LogP contribution is 2.27. The van der Waals surface area contributed by atoms with Crippen LogP contribution in [0.4, 0.5) is 0 Å². The molecule has 416 valence electrons. The van der Waals surface area contributed by atoms with Crippen molar-refractivity contribution in [3.63, 3.8) is 0 Å². The number of ether oxygens (including phenoxy) is 6. The highest BCUT2D eigenvalue weighted by molar-refractivity contribution is 5.69. The highest BCUT2D eigenvalue weighted by Gasteiger charge is 2.47. The maximum absolute atomic E-state index is 13.0. The van der Waals surface area contributed by atoms with Crippen LogP contribution >= 0.6 is 0 Å². The Balaban J connectivity index is 1.66. The van der Waals surface area contributed by atoms with Gasteiger partial charge in [0.1, 0.15) is 54.9 Å². The molecule has 2 aliphatic heterocycles. The third kappa shape index (κ3) is 31.6. The van der Waals surface area contributed by atoms with Gasteiger partial charge in [-0.05, 0) is 51.4 Å². The van der Waals surface area contributed by atoms with E-state index in [4.69, 9.17) is 28.4 Å². The molecule has 14 nitrogen and oxygen atoms in total. The van der Waals surface area contributed by atoms with Crippen LogP contribution in [0.25, 0.3) is 0 Å². The van der Waals surface area contributed by atoms with E-state index in [1.807, 2.05) is 0 Å². The Morgan fingerprint density at radius 1 is 0.465 bits per heavy atom. The van der Waals surface area contributed by atoms with E-state index in [1.54, 1.807) is 0 Å². The number of unbranched alkanes of at least 4 members (excludes halogenated alkanes) is 26. The van der Waals surface area contributed by atoms with Crippen LogP contribution in [-0.4, -0.2) is 142 Å². The van der Waals surface area contributed by atoms with Crippen LogP contribution in [0.3, 0.4) is 0 Å². The summed E-state index contributed by atoms with van der Waals surface area (Å²) in [6.07, 6.45) is 35.0. The maximum atomic E-state index is 13.0. The quantitative estimate of drug-likeness (QED) is 0.0172. The van der Waals surface area contributed by atoms with Crippen LogP contribution in [-0.2, 0) is 33.2 Å². The lowest BCUT2D eigenvalue weighted by Crippen LogP contribution is -2.61. The highest BCUT2D eigenvalue weighted by atomic mass is 16.7. The monoisotopic (exact) mass is 1010 g/mol. The predicted octanol–water partition coefficient (Wildman–Crippen LogP) is 9.75. The molecule has 0 spiro atoms. The second-order valence-electron chi connectivity index (χ2n) is 20.1. The van der Waals surface area contributed by atoms with Crippen LogP contribution in [0.2, 0.25) is 0 Å². The van der Waals surface area contributed by atoms with Gasteiger partial charge in [0.2, 0.25) is 0 Å². The molecule has 0 aromatic carbocycles. The van der Waals surface area contributed by atoms with Gasteiger partial charge in [0.15, 0.2) is 12.6 Å². The van der Waals surface area contributed by atoms with Crippen molar-refractivity contribution in [3.8, 4) is 0 Å². The number of carbonyl (C=O) groups excluding carboxylic acids is 1. The summed E-state index contributed by atoms with van der Waals surface area (Å²) in [4.78, 5) is 13.0. The van der Waals surface area contributed by atoms with Gasteiger partial charge in [-0.2, -0.15) is 0 Å². The van der Waals surface area contributed by atoms with E-state index >= 15 is 0 Å². The summed E-state index contributed by atoms with van der Waals surface area (Å²) in [5.41, 5.74) is 0. The van der Waals surface area contributed by atoms with E-state index in [9.17, 15) is 40.5 Å². The molecule has 0 amide bonds. The van der Waals surface area contributed by atoms with Crippen LogP contribution in [0.1, 0.15) is 219 Å². The Labute approximate surface area is 429 Å². The van der Waals surface area contributed by atoms with Crippen LogP contribution in [0.15, 0.2) is 36.5 Å². The third-order valence-electron chi connectivity index (χ3n) is 13.7. The minimum atomic E-state index is -1.70. The SMILES string of the molecule is CCCCCCC/C=C\C/C=C\C/C=C\CCCCCCCCCCCCCOCC(COC1OC(COC2OC(CO)C(O)C(O)C2O)C(O)C(O)C1O)OC(=O)CCCCCCCCCCCCC. The van der Waals surface area contributed by atoms with Gasteiger partial charge >= 0.3 is 5.97 Å². The minimum absolute atomic E-state index is 0.0622. The summed E-state index contributed by atoms with van der Waals surface area (Å²) >= 11 is 0. The normalized spacial score (nSPS) is 25.5. The first-order valence-corrected chi connectivity index (χ1v) is 28.6. The van der Waals surface area contributed by atoms with Crippen molar-refractivity contribution in [1.29, 1.82) is 0 Å². The molecule has 11 atom stereocenters. The largest absolute Gasteiger partial charge is 0.457 e. The molecule has 0 aliphatic carbocycles. The fourth-order valence-corrected chi connectivity index (χ4v) is 9.00. The summed E-state index contributed by atoms with van der Waals surface area (Å²) < 4.78 is 34.3. The first-order valence-electron chi connectivity index (χ1n) is 28.6. The number of aliphatic hydroxyl groups is 7. The number of hydrogen-bond donors (Lipinski definition) is 7. The van der Waals surface area contributed by atoms with Crippen LogP contribution in [0, 0.1) is 0 Å². The van der Waals surface area contributed by atoms with Gasteiger partial charge < -0.3 is 64.2 Å². The molecule has 2 fully saturated rings. The molecule has 7 N–H and O–H groups in total. The van der Waals surface area contributed by atoms with E-state index in [0.29, 0.717) is 13.0 Å². The number of carbonyl (C=O) groups is 1. The Morgan fingerprint density at radius 3 is 1.37 bits per heavy atom. The molecule has 0 aromatic heterocycles. The van der Waals surface area contributed by atoms with Gasteiger partial charge in [0.05, 0.1) is 26.4 Å². The summed E-state index contributed by atoms with van der Waals surface area (Å²) in [6, 6.07) is 0. The zero-order valence-electron chi connectivity index (χ0n) is 44.5. The van der Waals surface area contributed by atoms with Crippen molar-refractivity contribution in [2.24, 2.45) is 0 Å². The van der Waals surface area contributed by atoms with E-state index in [2.05, 4.69) is 50.3 Å². The van der Waals surface area contributed by atoms with E-state index < -0.39 is 80.7 Å².